The molecule has 0 aromatic heterocycles. The fourth-order valence-electron chi connectivity index (χ4n) is 0. The van der Waals surface area contributed by atoms with E-state index in [4.69, 9.17) is 15.3 Å². The van der Waals surface area contributed by atoms with Crippen LogP contribution in [0.25, 0.3) is 0 Å². The summed E-state index contributed by atoms with van der Waals surface area (Å²) in [5.41, 5.74) is 0. The average molecular weight is 274 g/mol. The molecule has 0 saturated carbocycles. The van der Waals surface area contributed by atoms with Crippen molar-refractivity contribution in [1.29, 1.82) is 0 Å². The third kappa shape index (κ3) is 1950. The van der Waals surface area contributed by atoms with Gasteiger partial charge in [0, 0.05) is 0 Å². The van der Waals surface area contributed by atoms with Crippen molar-refractivity contribution < 1.29 is 5.09 Å². The quantitative estimate of drug-likeness (QED) is 0.402. The van der Waals surface area contributed by atoms with Gasteiger partial charge in [-0.25, -0.2) is 0 Å². The molecule has 0 heterocycles. The molecule has 0 aromatic carbocycles. The monoisotopic (exact) mass is 274 g/mol. The van der Waals surface area contributed by atoms with E-state index in [2.05, 4.69) is 0 Å². The Morgan fingerprint density at radius 3 is 1.40 bits per heavy atom. The van der Waals surface area contributed by atoms with Crippen molar-refractivity contribution in [2.75, 3.05) is 0 Å². The summed E-state index contributed by atoms with van der Waals surface area (Å²) in [6.45, 7) is 0. The van der Waals surface area contributed by atoms with Gasteiger partial charge < -0.3 is 15.3 Å². The number of rotatable bonds is 0. The molecule has 0 atom stereocenters. The van der Waals surface area contributed by atoms with Crippen LogP contribution in [0.4, 0.5) is 0 Å². The molecule has 0 unspecified atom stereocenters. The Hall–Kier alpha value is 0.0961. The number of nitrogens with zero attached hydrogens (tertiary/aromatic N) is 1. The molecule has 0 spiro atoms. The second kappa shape index (κ2) is 4.10. The van der Waals surface area contributed by atoms with Crippen molar-refractivity contribution in [3.05, 3.63) is 15.3 Å². The third-order valence-electron chi connectivity index (χ3n) is 0. The zero-order valence-electron chi connectivity index (χ0n) is 2.25. The molecule has 0 rings (SSSR count). The molecule has 5 heavy (non-hydrogen) atoms. The zero-order valence-corrected chi connectivity index (χ0v) is 6.74. The Bertz CT molecular complexity index is 29.9. The van der Waals surface area contributed by atoms with Crippen LogP contribution in [0.3, 0.4) is 0 Å². The van der Waals surface area contributed by atoms with Crippen molar-refractivity contribution in [1.82, 2.24) is 0 Å². The Balaban J connectivity index is 0. The van der Waals surface area contributed by atoms with Crippen molar-refractivity contribution in [2.45, 2.75) is 0 Å². The summed E-state index contributed by atoms with van der Waals surface area (Å²) in [4.78, 5) is 8.25. The summed E-state index contributed by atoms with van der Waals surface area (Å²) < 4.78 is 0. The van der Waals surface area contributed by atoms with Gasteiger partial charge in [0.15, 0.2) is 0 Å². The van der Waals surface area contributed by atoms with Crippen LogP contribution < -0.4 is 0 Å². The van der Waals surface area contributed by atoms with Gasteiger partial charge in [0.1, 0.15) is 0 Å². The molecule has 0 radical (unpaired) electrons. The minimum absolute atomic E-state index is 0. The molecule has 0 saturated heterocycles. The van der Waals surface area contributed by atoms with Crippen LogP contribution in [-0.2, 0) is 0 Å². The van der Waals surface area contributed by atoms with Gasteiger partial charge in [-0.3, -0.25) is 0 Å². The molecule has 0 amide bonds. The molecule has 0 aliphatic heterocycles. The van der Waals surface area contributed by atoms with Gasteiger partial charge in [-0.1, -0.05) is 0 Å². The van der Waals surface area contributed by atoms with Crippen molar-refractivity contribution in [2.24, 2.45) is 0 Å². The van der Waals surface area contributed by atoms with Crippen molar-refractivity contribution in [3.8, 4) is 0 Å². The van der Waals surface area contributed by atoms with Crippen LogP contribution in [0.5, 0.6) is 0 Å². The summed E-state index contributed by atoms with van der Waals surface area (Å²) in [6, 6.07) is 0. The fraction of sp³-hybridized carbons (Fsp3) is 0. The molecule has 32 valence electrons. The van der Waals surface area contributed by atoms with E-state index in [1.807, 2.05) is 0 Å². The minimum atomic E-state index is -1.75. The van der Waals surface area contributed by atoms with E-state index >= 15 is 0 Å². The van der Waals surface area contributed by atoms with Crippen molar-refractivity contribution in [3.63, 3.8) is 0 Å². The fourth-order valence-corrected chi connectivity index (χ4v) is 0. The van der Waals surface area contributed by atoms with E-state index in [0.717, 1.165) is 0 Å². The van der Waals surface area contributed by atoms with Gasteiger partial charge in [-0.05, 0) is 0 Å². The van der Waals surface area contributed by atoms with E-state index in [1.54, 1.807) is 0 Å². The maximum atomic E-state index is 8.25. The summed E-state index contributed by atoms with van der Waals surface area (Å²) in [5.74, 6) is 0. The Morgan fingerprint density at radius 2 is 1.40 bits per heavy atom. The zero-order chi connectivity index (χ0) is 3.58. The SMILES string of the molecule is O=[N+]([O-])[O-].[PoH3+]. The predicted molar refractivity (Wildman–Crippen MR) is 20.3 cm³/mol. The van der Waals surface area contributed by atoms with Crippen LogP contribution in [0.2, 0.25) is 0 Å². The molecular formula is H3NO3Po. The predicted octanol–water partition coefficient (Wildman–Crippen LogP) is -1.42. The third-order valence-corrected chi connectivity index (χ3v) is 0. The summed E-state index contributed by atoms with van der Waals surface area (Å²) in [7, 11) is 0. The van der Waals surface area contributed by atoms with E-state index in [0.29, 0.717) is 0 Å². The molecule has 5 heteroatoms. The van der Waals surface area contributed by atoms with Gasteiger partial charge in [-0.15, -0.1) is 0 Å². The second-order valence-corrected chi connectivity index (χ2v) is 0.224. The topological polar surface area (TPSA) is 66.2 Å². The van der Waals surface area contributed by atoms with Gasteiger partial charge in [-0.2, -0.15) is 0 Å². The van der Waals surface area contributed by atoms with Crippen LogP contribution in [0, 0.1) is 15.3 Å². The van der Waals surface area contributed by atoms with Gasteiger partial charge in [0.25, 0.3) is 0 Å². The standard InChI is InChI=1S/NO3.Po.3H/c2-1(3)4;;;;/q-1;+1;;;. The summed E-state index contributed by atoms with van der Waals surface area (Å²) >= 11 is 0. The molecule has 0 fully saturated rings. The molecule has 0 aliphatic rings. The maximum absolute atomic E-state index is 8.25. The first kappa shape index (κ1) is 8.92. The van der Waals surface area contributed by atoms with Crippen LogP contribution in [-0.4, -0.2) is 31.7 Å². The summed E-state index contributed by atoms with van der Waals surface area (Å²) in [6.07, 6.45) is 0. The van der Waals surface area contributed by atoms with Crippen LogP contribution in [0.15, 0.2) is 0 Å². The number of hydrogen-bond donors (Lipinski definition) is 0. The number of hydrogen-bond acceptors (Lipinski definition) is 3. The first-order valence-electron chi connectivity index (χ1n) is 0.548. The molecule has 0 aromatic rings. The Kier molecular flexibility index (Phi) is 7.31. The van der Waals surface area contributed by atoms with E-state index in [-0.39, 0.29) is 26.6 Å². The first-order valence-corrected chi connectivity index (χ1v) is 0.548. The second-order valence-electron chi connectivity index (χ2n) is 0.224. The van der Waals surface area contributed by atoms with E-state index in [9.17, 15) is 0 Å². The molecule has 0 N–H and O–H groups in total. The van der Waals surface area contributed by atoms with E-state index < -0.39 is 5.09 Å². The summed E-state index contributed by atoms with van der Waals surface area (Å²) in [5, 5.41) is 14.8. The first-order chi connectivity index (χ1) is 1.73. The molecule has 0 aliphatic carbocycles. The van der Waals surface area contributed by atoms with Crippen LogP contribution >= 0.6 is 0 Å². The van der Waals surface area contributed by atoms with Crippen molar-refractivity contribution >= 4 is 26.6 Å². The average Bonchev–Trinajstić information content (AvgIpc) is 0.811. The van der Waals surface area contributed by atoms with Gasteiger partial charge in [0.05, 0.1) is 5.09 Å². The van der Waals surface area contributed by atoms with Gasteiger partial charge in [0.2, 0.25) is 0 Å². The molecular weight excluding hydrogens is 271 g/mol. The molecule has 4 nitrogen and oxygen atoms in total. The van der Waals surface area contributed by atoms with E-state index in [1.165, 1.54) is 0 Å². The van der Waals surface area contributed by atoms with Gasteiger partial charge >= 0.3 is 26.6 Å². The normalized spacial score (nSPS) is 4.80. The van der Waals surface area contributed by atoms with Crippen LogP contribution in [0.1, 0.15) is 0 Å². The Labute approximate surface area is 47.4 Å². The molecule has 0 bridgehead atoms. The Morgan fingerprint density at radius 1 is 1.40 bits per heavy atom.